The molecule has 1 aromatic rings. The Bertz CT molecular complexity index is 476. The van der Waals surface area contributed by atoms with Gasteiger partial charge in [0.15, 0.2) is 0 Å². The molecule has 0 aliphatic heterocycles. The van der Waals surface area contributed by atoms with Crippen molar-refractivity contribution in [2.75, 3.05) is 19.4 Å². The minimum absolute atomic E-state index is 0.0305. The van der Waals surface area contributed by atoms with E-state index in [1.807, 2.05) is 14.1 Å². The van der Waals surface area contributed by atoms with Gasteiger partial charge in [-0.2, -0.15) is 0 Å². The molecule has 0 aromatic heterocycles. The zero-order chi connectivity index (χ0) is 14.8. The van der Waals surface area contributed by atoms with Crippen LogP contribution in [-0.4, -0.2) is 24.9 Å². The lowest BCUT2D eigenvalue weighted by molar-refractivity contribution is -0.114. The third-order valence-corrected chi connectivity index (χ3v) is 3.45. The second-order valence-corrected chi connectivity index (χ2v) is 7.01. The van der Waals surface area contributed by atoms with Gasteiger partial charge in [0.25, 0.3) is 0 Å². The number of carbonyl (C=O) groups is 1. The highest BCUT2D eigenvalue weighted by molar-refractivity contribution is 9.10. The maximum atomic E-state index is 11.4. The molecule has 0 saturated heterocycles. The van der Waals surface area contributed by atoms with Crippen LogP contribution in [0.25, 0.3) is 0 Å². The van der Waals surface area contributed by atoms with Crippen LogP contribution in [0.2, 0.25) is 0 Å². The number of rotatable bonds is 3. The molecule has 0 heterocycles. The van der Waals surface area contributed by atoms with Crippen LogP contribution in [0.3, 0.4) is 0 Å². The zero-order valence-corrected chi connectivity index (χ0v) is 14.2. The van der Waals surface area contributed by atoms with Crippen LogP contribution in [0, 0.1) is 0 Å². The van der Waals surface area contributed by atoms with E-state index in [9.17, 15) is 4.79 Å². The molecule has 0 saturated carbocycles. The fourth-order valence-electron chi connectivity index (χ4n) is 1.97. The topological polar surface area (TPSA) is 32.3 Å². The first-order chi connectivity index (χ1) is 8.61. The summed E-state index contributed by atoms with van der Waals surface area (Å²) in [5, 5.41) is 2.93. The smallest absolute Gasteiger partial charge is 0.221 e. The molecule has 4 heteroatoms. The SMILES string of the molecule is CC(=O)Nc1cc(C(C)(C)C)c(Br)cc1CN(C)C. The number of benzene rings is 1. The molecule has 1 N–H and O–H groups in total. The van der Waals surface area contributed by atoms with Crippen LogP contribution in [-0.2, 0) is 16.8 Å². The number of carbonyl (C=O) groups excluding carboxylic acids is 1. The quantitative estimate of drug-likeness (QED) is 0.917. The van der Waals surface area contributed by atoms with E-state index in [1.165, 1.54) is 12.5 Å². The number of anilines is 1. The van der Waals surface area contributed by atoms with Gasteiger partial charge in [0, 0.05) is 23.6 Å². The molecule has 19 heavy (non-hydrogen) atoms. The number of hydrogen-bond donors (Lipinski definition) is 1. The predicted octanol–water partition coefficient (Wildman–Crippen LogP) is 3.77. The van der Waals surface area contributed by atoms with Crippen LogP contribution in [0.4, 0.5) is 5.69 Å². The van der Waals surface area contributed by atoms with Gasteiger partial charge in [-0.05, 0) is 42.8 Å². The lowest BCUT2D eigenvalue weighted by Crippen LogP contribution is -2.18. The average Bonchev–Trinajstić information content (AvgIpc) is 2.18. The van der Waals surface area contributed by atoms with Gasteiger partial charge in [-0.25, -0.2) is 0 Å². The van der Waals surface area contributed by atoms with E-state index in [0.29, 0.717) is 0 Å². The molecule has 0 atom stereocenters. The van der Waals surface area contributed by atoms with Gasteiger partial charge in [-0.3, -0.25) is 4.79 Å². The molecule has 1 rings (SSSR count). The summed E-state index contributed by atoms with van der Waals surface area (Å²) in [5.74, 6) is -0.0396. The Kier molecular flexibility index (Phi) is 5.16. The normalized spacial score (nSPS) is 11.8. The monoisotopic (exact) mass is 326 g/mol. The largest absolute Gasteiger partial charge is 0.326 e. The van der Waals surface area contributed by atoms with Gasteiger partial charge >= 0.3 is 0 Å². The molecule has 106 valence electrons. The summed E-state index contributed by atoms with van der Waals surface area (Å²) >= 11 is 3.64. The molecule has 1 amide bonds. The van der Waals surface area contributed by atoms with E-state index in [4.69, 9.17) is 0 Å². The van der Waals surface area contributed by atoms with Gasteiger partial charge < -0.3 is 10.2 Å². The lowest BCUT2D eigenvalue weighted by Gasteiger charge is -2.24. The van der Waals surface area contributed by atoms with Crippen molar-refractivity contribution in [3.05, 3.63) is 27.7 Å². The Balaban J connectivity index is 3.32. The molecule has 3 nitrogen and oxygen atoms in total. The summed E-state index contributed by atoms with van der Waals surface area (Å²) in [4.78, 5) is 13.4. The number of nitrogens with zero attached hydrogens (tertiary/aromatic N) is 1. The van der Waals surface area contributed by atoms with Crippen molar-refractivity contribution in [2.24, 2.45) is 0 Å². The Morgan fingerprint density at radius 2 is 1.89 bits per heavy atom. The third kappa shape index (κ3) is 4.62. The summed E-state index contributed by atoms with van der Waals surface area (Å²) in [5.41, 5.74) is 3.23. The fourth-order valence-corrected chi connectivity index (χ4v) is 2.95. The van der Waals surface area contributed by atoms with E-state index in [-0.39, 0.29) is 11.3 Å². The van der Waals surface area contributed by atoms with Crippen LogP contribution < -0.4 is 5.32 Å². The van der Waals surface area contributed by atoms with Gasteiger partial charge in [0.2, 0.25) is 5.91 Å². The van der Waals surface area contributed by atoms with Crippen molar-refractivity contribution in [1.29, 1.82) is 0 Å². The standard InChI is InChI=1S/C15H23BrN2O/c1-10(19)17-14-8-12(15(2,3)4)13(16)7-11(14)9-18(5)6/h7-8H,9H2,1-6H3,(H,17,19). The van der Waals surface area contributed by atoms with Crippen LogP contribution in [0.1, 0.15) is 38.8 Å². The average molecular weight is 327 g/mol. The minimum Gasteiger partial charge on any atom is -0.326 e. The maximum absolute atomic E-state index is 11.4. The maximum Gasteiger partial charge on any atom is 0.221 e. The molecule has 0 aliphatic rings. The van der Waals surface area contributed by atoms with E-state index < -0.39 is 0 Å². The molecule has 0 fully saturated rings. The summed E-state index contributed by atoms with van der Waals surface area (Å²) in [6.07, 6.45) is 0. The molecule has 0 bridgehead atoms. The zero-order valence-electron chi connectivity index (χ0n) is 12.6. The highest BCUT2D eigenvalue weighted by Crippen LogP contribution is 2.34. The molecular formula is C15H23BrN2O. The molecule has 0 unspecified atom stereocenters. The van der Waals surface area contributed by atoms with Gasteiger partial charge in [0.05, 0.1) is 0 Å². The number of nitrogens with one attached hydrogen (secondary N) is 1. The lowest BCUT2D eigenvalue weighted by atomic mass is 9.86. The number of hydrogen-bond acceptors (Lipinski definition) is 2. The van der Waals surface area contributed by atoms with E-state index in [2.05, 4.69) is 59.1 Å². The van der Waals surface area contributed by atoms with Crippen LogP contribution >= 0.6 is 15.9 Å². The second-order valence-electron chi connectivity index (χ2n) is 6.16. The molecule has 0 spiro atoms. The minimum atomic E-state index is -0.0396. The summed E-state index contributed by atoms with van der Waals surface area (Å²) < 4.78 is 1.09. The Hall–Kier alpha value is -0.870. The highest BCUT2D eigenvalue weighted by atomic mass is 79.9. The van der Waals surface area contributed by atoms with Crippen molar-refractivity contribution in [2.45, 2.75) is 39.7 Å². The van der Waals surface area contributed by atoms with Crippen molar-refractivity contribution in [3.8, 4) is 0 Å². The fraction of sp³-hybridized carbons (Fsp3) is 0.533. The van der Waals surface area contributed by atoms with Crippen molar-refractivity contribution in [1.82, 2.24) is 4.90 Å². The summed E-state index contributed by atoms with van der Waals surface area (Å²) in [7, 11) is 4.03. The van der Waals surface area contributed by atoms with Crippen LogP contribution in [0.5, 0.6) is 0 Å². The highest BCUT2D eigenvalue weighted by Gasteiger charge is 2.20. The molecular weight excluding hydrogens is 304 g/mol. The number of amides is 1. The number of halogens is 1. The van der Waals surface area contributed by atoms with Crippen molar-refractivity contribution < 1.29 is 4.79 Å². The van der Waals surface area contributed by atoms with E-state index in [1.54, 1.807) is 0 Å². The molecule has 1 aromatic carbocycles. The van der Waals surface area contributed by atoms with E-state index in [0.717, 1.165) is 22.3 Å². The molecule has 0 radical (unpaired) electrons. The first kappa shape index (κ1) is 16.2. The second kappa shape index (κ2) is 6.06. The Labute approximate surface area is 124 Å². The summed E-state index contributed by atoms with van der Waals surface area (Å²) in [6.45, 7) is 8.82. The van der Waals surface area contributed by atoms with Crippen LogP contribution in [0.15, 0.2) is 16.6 Å². The van der Waals surface area contributed by atoms with Gasteiger partial charge in [-0.15, -0.1) is 0 Å². The predicted molar refractivity (Wildman–Crippen MR) is 84.5 cm³/mol. The van der Waals surface area contributed by atoms with Gasteiger partial charge in [0.1, 0.15) is 0 Å². The van der Waals surface area contributed by atoms with Crippen molar-refractivity contribution >= 4 is 27.5 Å². The first-order valence-corrected chi connectivity index (χ1v) is 7.16. The Morgan fingerprint density at radius 1 is 1.32 bits per heavy atom. The Morgan fingerprint density at radius 3 is 2.32 bits per heavy atom. The third-order valence-electron chi connectivity index (χ3n) is 2.80. The van der Waals surface area contributed by atoms with E-state index >= 15 is 0 Å². The molecule has 0 aliphatic carbocycles. The summed E-state index contributed by atoms with van der Waals surface area (Å²) in [6, 6.07) is 4.18. The van der Waals surface area contributed by atoms with Gasteiger partial charge in [-0.1, -0.05) is 36.7 Å². The first-order valence-electron chi connectivity index (χ1n) is 6.36. The van der Waals surface area contributed by atoms with Crippen molar-refractivity contribution in [3.63, 3.8) is 0 Å².